The van der Waals surface area contributed by atoms with E-state index in [0.29, 0.717) is 34.2 Å². The molecule has 0 saturated heterocycles. The Morgan fingerprint density at radius 2 is 1.76 bits per heavy atom. The number of fused-ring (bicyclic) bond motifs is 1. The van der Waals surface area contributed by atoms with Crippen LogP contribution in [-0.2, 0) is 11.8 Å². The summed E-state index contributed by atoms with van der Waals surface area (Å²) in [6, 6.07) is 16.5. The maximum Gasteiger partial charge on any atom is 0.245 e. The smallest absolute Gasteiger partial charge is 0.245 e. The van der Waals surface area contributed by atoms with Gasteiger partial charge in [0.1, 0.15) is 23.9 Å². The molecule has 0 radical (unpaired) electrons. The maximum absolute atomic E-state index is 13.1. The van der Waals surface area contributed by atoms with E-state index in [1.54, 1.807) is 55.7 Å². The molecule has 5 aromatic rings. The van der Waals surface area contributed by atoms with Gasteiger partial charge in [0.2, 0.25) is 5.91 Å². The minimum absolute atomic E-state index is 0.00806. The molecular weight excluding hydrogens is 470 g/mol. The minimum Gasteiger partial charge on any atom is -0.497 e. The highest BCUT2D eigenvalue weighted by Crippen LogP contribution is 2.34. The van der Waals surface area contributed by atoms with Crippen molar-refractivity contribution in [2.24, 2.45) is 7.05 Å². The summed E-state index contributed by atoms with van der Waals surface area (Å²) in [4.78, 5) is 28.5. The van der Waals surface area contributed by atoms with Crippen molar-refractivity contribution in [2.45, 2.75) is 0 Å². The predicted octanol–water partition coefficient (Wildman–Crippen LogP) is 4.22. The first-order valence-electron chi connectivity index (χ1n) is 11.5. The molecule has 5 rings (SSSR count). The van der Waals surface area contributed by atoms with Crippen LogP contribution in [0.1, 0.15) is 0 Å². The number of hydrogen-bond acceptors (Lipinski definition) is 8. The fourth-order valence-corrected chi connectivity index (χ4v) is 3.90. The fourth-order valence-electron chi connectivity index (χ4n) is 3.90. The van der Waals surface area contributed by atoms with Crippen LogP contribution in [0, 0.1) is 0 Å². The Balaban J connectivity index is 1.56. The van der Waals surface area contributed by atoms with E-state index in [-0.39, 0.29) is 12.5 Å². The topological polar surface area (TPSA) is 107 Å². The number of pyridine rings is 1. The Kier molecular flexibility index (Phi) is 6.62. The van der Waals surface area contributed by atoms with Gasteiger partial charge in [-0.25, -0.2) is 9.97 Å². The molecule has 186 valence electrons. The first-order chi connectivity index (χ1) is 18.0. The van der Waals surface area contributed by atoms with Crippen LogP contribution in [0.4, 0.5) is 17.2 Å². The van der Waals surface area contributed by atoms with E-state index >= 15 is 0 Å². The van der Waals surface area contributed by atoms with Crippen molar-refractivity contribution < 1.29 is 14.3 Å². The quantitative estimate of drug-likeness (QED) is 0.341. The van der Waals surface area contributed by atoms with Crippen LogP contribution in [-0.4, -0.2) is 51.4 Å². The molecule has 0 aliphatic heterocycles. The molecule has 0 spiro atoms. The molecule has 0 fully saturated rings. The van der Waals surface area contributed by atoms with Crippen molar-refractivity contribution in [3.8, 4) is 22.8 Å². The number of hydrogen-bond donors (Lipinski definition) is 1. The number of carbonyl (C=O) groups is 1. The Morgan fingerprint density at radius 1 is 0.946 bits per heavy atom. The number of ether oxygens (including phenoxy) is 2. The zero-order valence-corrected chi connectivity index (χ0v) is 20.6. The molecule has 1 N–H and O–H groups in total. The summed E-state index contributed by atoms with van der Waals surface area (Å²) in [5.74, 6) is 1.43. The van der Waals surface area contributed by atoms with E-state index in [2.05, 4.69) is 20.4 Å². The molecule has 0 saturated carbocycles. The second-order valence-corrected chi connectivity index (χ2v) is 8.25. The molecule has 3 aromatic heterocycles. The third kappa shape index (κ3) is 5.32. The molecule has 2 aromatic carbocycles. The summed E-state index contributed by atoms with van der Waals surface area (Å²) >= 11 is 0. The monoisotopic (exact) mass is 495 g/mol. The largest absolute Gasteiger partial charge is 0.497 e. The molecule has 10 nitrogen and oxygen atoms in total. The zero-order chi connectivity index (χ0) is 25.8. The Morgan fingerprint density at radius 3 is 2.43 bits per heavy atom. The number of benzene rings is 2. The Bertz CT molecular complexity index is 1530. The van der Waals surface area contributed by atoms with Crippen molar-refractivity contribution in [1.29, 1.82) is 0 Å². The van der Waals surface area contributed by atoms with Crippen molar-refractivity contribution >= 4 is 34.1 Å². The highest BCUT2D eigenvalue weighted by Gasteiger charge is 2.18. The van der Waals surface area contributed by atoms with Crippen molar-refractivity contribution in [3.05, 3.63) is 79.4 Å². The van der Waals surface area contributed by atoms with Gasteiger partial charge in [0.05, 0.1) is 43.3 Å². The summed E-state index contributed by atoms with van der Waals surface area (Å²) in [7, 11) is 5.02. The molecule has 0 bridgehead atoms. The second-order valence-electron chi connectivity index (χ2n) is 8.25. The van der Waals surface area contributed by atoms with Crippen LogP contribution in [0.3, 0.4) is 0 Å². The molecule has 0 aliphatic carbocycles. The lowest BCUT2D eigenvalue weighted by molar-refractivity contribution is -0.114. The van der Waals surface area contributed by atoms with E-state index in [0.717, 1.165) is 16.8 Å². The van der Waals surface area contributed by atoms with E-state index in [4.69, 9.17) is 14.5 Å². The number of carbonyl (C=O) groups excluding carboxylic acids is 1. The van der Waals surface area contributed by atoms with Crippen molar-refractivity contribution in [1.82, 2.24) is 24.7 Å². The summed E-state index contributed by atoms with van der Waals surface area (Å²) in [5.41, 5.74) is 4.45. The number of aryl methyl sites for hydroxylation is 1. The first-order valence-corrected chi connectivity index (χ1v) is 11.5. The van der Waals surface area contributed by atoms with Crippen LogP contribution in [0.15, 0.2) is 79.4 Å². The lowest BCUT2D eigenvalue weighted by Crippen LogP contribution is -2.30. The number of nitrogens with one attached hydrogen (secondary N) is 1. The standard InChI is InChI=1S/C27H25N7O3/c1-33-16-18(14-30-33)25-15-29-23-8-7-19(12-24(23)31-25)34(17-27(35)32-26-6-4-5-9-28-26)20-10-21(36-2)13-22(11-20)37-3/h4-16H,17H2,1-3H3,(H,28,32,35). The predicted molar refractivity (Wildman–Crippen MR) is 141 cm³/mol. The summed E-state index contributed by atoms with van der Waals surface area (Å²) in [6.07, 6.45) is 6.99. The summed E-state index contributed by atoms with van der Waals surface area (Å²) in [6.45, 7) is 0.00806. The van der Waals surface area contributed by atoms with E-state index < -0.39 is 0 Å². The molecular formula is C27H25N7O3. The minimum atomic E-state index is -0.240. The average molecular weight is 496 g/mol. The molecule has 3 heterocycles. The van der Waals surface area contributed by atoms with Gasteiger partial charge in [0.25, 0.3) is 0 Å². The SMILES string of the molecule is COc1cc(OC)cc(N(CC(=O)Nc2ccccn2)c2ccc3ncc(-c4cnn(C)c4)nc3c2)c1. The zero-order valence-electron chi connectivity index (χ0n) is 20.6. The van der Waals surface area contributed by atoms with Gasteiger partial charge in [-0.3, -0.25) is 14.5 Å². The van der Waals surface area contributed by atoms with Crippen LogP contribution >= 0.6 is 0 Å². The molecule has 0 unspecified atom stereocenters. The number of anilines is 3. The average Bonchev–Trinajstić information content (AvgIpc) is 3.37. The fraction of sp³-hybridized carbons (Fsp3) is 0.148. The summed E-state index contributed by atoms with van der Waals surface area (Å²) < 4.78 is 12.7. The van der Waals surface area contributed by atoms with Crippen LogP contribution in [0.5, 0.6) is 11.5 Å². The highest BCUT2D eigenvalue weighted by atomic mass is 16.5. The van der Waals surface area contributed by atoms with E-state index in [1.165, 1.54) is 0 Å². The van der Waals surface area contributed by atoms with Crippen LogP contribution in [0.25, 0.3) is 22.3 Å². The number of rotatable bonds is 8. The molecule has 37 heavy (non-hydrogen) atoms. The van der Waals surface area contributed by atoms with Gasteiger partial charge in [-0.1, -0.05) is 6.07 Å². The lowest BCUT2D eigenvalue weighted by atomic mass is 10.2. The van der Waals surface area contributed by atoms with Gasteiger partial charge in [0, 0.05) is 54.6 Å². The third-order valence-corrected chi connectivity index (χ3v) is 5.72. The Labute approximate surface area is 213 Å². The third-order valence-electron chi connectivity index (χ3n) is 5.72. The summed E-state index contributed by atoms with van der Waals surface area (Å²) in [5, 5.41) is 7.07. The number of aromatic nitrogens is 5. The van der Waals surface area contributed by atoms with Gasteiger partial charge in [0.15, 0.2) is 0 Å². The molecule has 0 aliphatic rings. The normalized spacial score (nSPS) is 10.8. The molecule has 0 atom stereocenters. The number of methoxy groups -OCH3 is 2. The van der Waals surface area contributed by atoms with Crippen LogP contribution in [0.2, 0.25) is 0 Å². The van der Waals surface area contributed by atoms with Gasteiger partial charge < -0.3 is 19.7 Å². The maximum atomic E-state index is 13.1. The molecule has 1 amide bonds. The van der Waals surface area contributed by atoms with Gasteiger partial charge in [-0.2, -0.15) is 5.10 Å². The van der Waals surface area contributed by atoms with Gasteiger partial charge in [-0.05, 0) is 30.3 Å². The van der Waals surface area contributed by atoms with E-state index in [9.17, 15) is 4.79 Å². The first kappa shape index (κ1) is 23.7. The Hall–Kier alpha value is -4.99. The number of nitrogens with zero attached hydrogens (tertiary/aromatic N) is 6. The van der Waals surface area contributed by atoms with Gasteiger partial charge >= 0.3 is 0 Å². The number of amides is 1. The lowest BCUT2D eigenvalue weighted by Gasteiger charge is -2.25. The van der Waals surface area contributed by atoms with Gasteiger partial charge in [-0.15, -0.1) is 0 Å². The van der Waals surface area contributed by atoms with E-state index in [1.807, 2.05) is 54.5 Å². The second kappa shape index (κ2) is 10.3. The van der Waals surface area contributed by atoms with Crippen molar-refractivity contribution in [3.63, 3.8) is 0 Å². The van der Waals surface area contributed by atoms with Crippen LogP contribution < -0.4 is 19.7 Å². The van der Waals surface area contributed by atoms with Crippen molar-refractivity contribution in [2.75, 3.05) is 31.0 Å². The molecule has 10 heteroatoms. The highest BCUT2D eigenvalue weighted by molar-refractivity contribution is 5.95.